The second kappa shape index (κ2) is 6.86. The number of hydrogen-bond acceptors (Lipinski definition) is 3. The maximum absolute atomic E-state index is 4.61. The van der Waals surface area contributed by atoms with E-state index in [0.717, 1.165) is 25.3 Å². The van der Waals surface area contributed by atoms with E-state index in [4.69, 9.17) is 0 Å². The standard InChI is InChI=1S/C15H25N3/c1-3-10-18(11-14-8-5-9-16-14)12-15-7-4-6-13(2)17-15/h4,6-7,14,16H,3,5,8-12H2,1-2H3. The van der Waals surface area contributed by atoms with Gasteiger partial charge in [-0.1, -0.05) is 13.0 Å². The van der Waals surface area contributed by atoms with Crippen molar-refractivity contribution in [2.75, 3.05) is 19.6 Å². The van der Waals surface area contributed by atoms with E-state index in [1.807, 2.05) is 0 Å². The molecule has 1 saturated heterocycles. The normalized spacial score (nSPS) is 19.6. The molecule has 3 nitrogen and oxygen atoms in total. The van der Waals surface area contributed by atoms with Crippen LogP contribution in [0.3, 0.4) is 0 Å². The molecule has 3 heteroatoms. The fourth-order valence-corrected chi connectivity index (χ4v) is 2.69. The first-order valence-corrected chi connectivity index (χ1v) is 7.16. The lowest BCUT2D eigenvalue weighted by Crippen LogP contribution is -2.37. The Labute approximate surface area is 111 Å². The van der Waals surface area contributed by atoms with Crippen molar-refractivity contribution in [2.24, 2.45) is 0 Å². The molecule has 2 rings (SSSR count). The zero-order valence-corrected chi connectivity index (χ0v) is 11.7. The van der Waals surface area contributed by atoms with Crippen molar-refractivity contribution in [3.63, 3.8) is 0 Å². The van der Waals surface area contributed by atoms with Gasteiger partial charge in [0.2, 0.25) is 0 Å². The van der Waals surface area contributed by atoms with E-state index in [9.17, 15) is 0 Å². The minimum atomic E-state index is 0.682. The van der Waals surface area contributed by atoms with Crippen LogP contribution in [0.4, 0.5) is 0 Å². The fourth-order valence-electron chi connectivity index (χ4n) is 2.69. The SMILES string of the molecule is CCCN(Cc1cccc(C)n1)CC1CCCN1. The number of aryl methyl sites for hydroxylation is 1. The Bertz CT molecular complexity index is 359. The van der Waals surface area contributed by atoms with Crippen molar-refractivity contribution in [2.45, 2.75) is 45.7 Å². The van der Waals surface area contributed by atoms with Crippen molar-refractivity contribution >= 4 is 0 Å². The molecule has 100 valence electrons. The summed E-state index contributed by atoms with van der Waals surface area (Å²) < 4.78 is 0. The summed E-state index contributed by atoms with van der Waals surface area (Å²) in [5.41, 5.74) is 2.31. The zero-order chi connectivity index (χ0) is 12.8. The Morgan fingerprint density at radius 2 is 2.33 bits per heavy atom. The van der Waals surface area contributed by atoms with Crippen LogP contribution >= 0.6 is 0 Å². The van der Waals surface area contributed by atoms with Crippen LogP contribution < -0.4 is 5.32 Å². The van der Waals surface area contributed by atoms with Gasteiger partial charge < -0.3 is 5.32 Å². The fraction of sp³-hybridized carbons (Fsp3) is 0.667. The number of nitrogens with zero attached hydrogens (tertiary/aromatic N) is 2. The van der Waals surface area contributed by atoms with Gasteiger partial charge in [-0.2, -0.15) is 0 Å². The molecule has 1 aliphatic heterocycles. The Morgan fingerprint density at radius 1 is 1.44 bits per heavy atom. The molecule has 18 heavy (non-hydrogen) atoms. The van der Waals surface area contributed by atoms with Gasteiger partial charge in [0.15, 0.2) is 0 Å². The van der Waals surface area contributed by atoms with E-state index in [2.05, 4.69) is 47.2 Å². The van der Waals surface area contributed by atoms with Crippen LogP contribution in [0.1, 0.15) is 37.6 Å². The molecule has 1 atom stereocenters. The predicted molar refractivity (Wildman–Crippen MR) is 75.6 cm³/mol. The van der Waals surface area contributed by atoms with Crippen molar-refractivity contribution in [1.82, 2.24) is 15.2 Å². The summed E-state index contributed by atoms with van der Waals surface area (Å²) in [7, 11) is 0. The number of hydrogen-bond donors (Lipinski definition) is 1. The minimum Gasteiger partial charge on any atom is -0.313 e. The van der Waals surface area contributed by atoms with E-state index < -0.39 is 0 Å². The summed E-state index contributed by atoms with van der Waals surface area (Å²) in [6.45, 7) is 8.79. The Balaban J connectivity index is 1.92. The number of pyridine rings is 1. The molecule has 0 aromatic carbocycles. The lowest BCUT2D eigenvalue weighted by atomic mass is 10.2. The molecule has 0 amide bonds. The third kappa shape index (κ3) is 4.07. The van der Waals surface area contributed by atoms with Crippen LogP contribution in [-0.2, 0) is 6.54 Å². The van der Waals surface area contributed by atoms with E-state index in [1.54, 1.807) is 0 Å². The second-order valence-electron chi connectivity index (χ2n) is 5.30. The van der Waals surface area contributed by atoms with Gasteiger partial charge >= 0.3 is 0 Å². The van der Waals surface area contributed by atoms with Gasteiger partial charge in [0.05, 0.1) is 5.69 Å². The van der Waals surface area contributed by atoms with Crippen molar-refractivity contribution in [3.8, 4) is 0 Å². The molecule has 1 aromatic rings. The van der Waals surface area contributed by atoms with Crippen molar-refractivity contribution in [1.29, 1.82) is 0 Å². The molecule has 0 radical (unpaired) electrons. The molecule has 1 fully saturated rings. The Kier molecular flexibility index (Phi) is 5.14. The molecule has 1 aromatic heterocycles. The molecule has 0 spiro atoms. The summed E-state index contributed by atoms with van der Waals surface area (Å²) in [6, 6.07) is 6.99. The highest BCUT2D eigenvalue weighted by atomic mass is 15.2. The smallest absolute Gasteiger partial charge is 0.0547 e. The van der Waals surface area contributed by atoms with Crippen LogP contribution in [0.25, 0.3) is 0 Å². The summed E-state index contributed by atoms with van der Waals surface area (Å²) in [5, 5.41) is 3.58. The van der Waals surface area contributed by atoms with Crippen LogP contribution in [0.15, 0.2) is 18.2 Å². The summed E-state index contributed by atoms with van der Waals surface area (Å²) in [5.74, 6) is 0. The lowest BCUT2D eigenvalue weighted by Gasteiger charge is -2.25. The number of rotatable bonds is 6. The average molecular weight is 247 g/mol. The zero-order valence-electron chi connectivity index (χ0n) is 11.7. The van der Waals surface area contributed by atoms with Crippen LogP contribution in [0, 0.1) is 6.92 Å². The lowest BCUT2D eigenvalue weighted by molar-refractivity contribution is 0.239. The number of nitrogens with one attached hydrogen (secondary N) is 1. The molecule has 2 heterocycles. The molecule has 1 N–H and O–H groups in total. The topological polar surface area (TPSA) is 28.2 Å². The second-order valence-corrected chi connectivity index (χ2v) is 5.30. The van der Waals surface area contributed by atoms with Gasteiger partial charge in [0.25, 0.3) is 0 Å². The predicted octanol–water partition coefficient (Wildman–Crippen LogP) is 2.35. The Morgan fingerprint density at radius 3 is 3.00 bits per heavy atom. The minimum absolute atomic E-state index is 0.682. The highest BCUT2D eigenvalue weighted by Crippen LogP contribution is 2.10. The quantitative estimate of drug-likeness (QED) is 0.836. The third-order valence-electron chi connectivity index (χ3n) is 3.51. The maximum atomic E-state index is 4.61. The van der Waals surface area contributed by atoms with Crippen molar-refractivity contribution in [3.05, 3.63) is 29.6 Å². The maximum Gasteiger partial charge on any atom is 0.0547 e. The van der Waals surface area contributed by atoms with Gasteiger partial charge in [0, 0.05) is 24.8 Å². The molecule has 0 bridgehead atoms. The molecule has 0 aliphatic carbocycles. The van der Waals surface area contributed by atoms with Crippen molar-refractivity contribution < 1.29 is 0 Å². The molecule has 0 saturated carbocycles. The summed E-state index contributed by atoms with van der Waals surface area (Å²) >= 11 is 0. The van der Waals surface area contributed by atoms with Gasteiger partial charge in [0.1, 0.15) is 0 Å². The van der Waals surface area contributed by atoms with E-state index in [1.165, 1.54) is 31.5 Å². The Hall–Kier alpha value is -0.930. The van der Waals surface area contributed by atoms with Crippen LogP contribution in [0.2, 0.25) is 0 Å². The summed E-state index contributed by atoms with van der Waals surface area (Å²) in [6.07, 6.45) is 3.85. The number of aromatic nitrogens is 1. The first-order valence-electron chi connectivity index (χ1n) is 7.16. The van der Waals surface area contributed by atoms with Gasteiger partial charge in [-0.05, 0) is 51.4 Å². The molecular weight excluding hydrogens is 222 g/mol. The monoisotopic (exact) mass is 247 g/mol. The van der Waals surface area contributed by atoms with Gasteiger partial charge in [-0.15, -0.1) is 0 Å². The van der Waals surface area contributed by atoms with Crippen LogP contribution in [-0.4, -0.2) is 35.6 Å². The summed E-state index contributed by atoms with van der Waals surface area (Å²) in [4.78, 5) is 7.14. The molecule has 1 unspecified atom stereocenters. The average Bonchev–Trinajstić information content (AvgIpc) is 2.82. The highest BCUT2D eigenvalue weighted by molar-refractivity contribution is 5.09. The molecule has 1 aliphatic rings. The largest absolute Gasteiger partial charge is 0.313 e. The third-order valence-corrected chi connectivity index (χ3v) is 3.51. The first-order chi connectivity index (χ1) is 8.78. The molecular formula is C15H25N3. The van der Waals surface area contributed by atoms with Gasteiger partial charge in [-0.3, -0.25) is 9.88 Å². The first kappa shape index (κ1) is 13.5. The van der Waals surface area contributed by atoms with E-state index in [0.29, 0.717) is 6.04 Å². The van der Waals surface area contributed by atoms with Gasteiger partial charge in [-0.25, -0.2) is 0 Å². The van der Waals surface area contributed by atoms with E-state index in [-0.39, 0.29) is 0 Å². The highest BCUT2D eigenvalue weighted by Gasteiger charge is 2.17. The van der Waals surface area contributed by atoms with E-state index >= 15 is 0 Å². The van der Waals surface area contributed by atoms with Crippen LogP contribution in [0.5, 0.6) is 0 Å².